The summed E-state index contributed by atoms with van der Waals surface area (Å²) in [6.45, 7) is 0. The lowest BCUT2D eigenvalue weighted by molar-refractivity contribution is -0.387. The summed E-state index contributed by atoms with van der Waals surface area (Å²) >= 11 is 11.7. The van der Waals surface area contributed by atoms with Crippen LogP contribution in [0.4, 0.5) is 18.9 Å². The first-order valence-electron chi connectivity index (χ1n) is 7.68. The van der Waals surface area contributed by atoms with Crippen LogP contribution in [-0.2, 0) is 16.0 Å². The van der Waals surface area contributed by atoms with E-state index >= 15 is 0 Å². The van der Waals surface area contributed by atoms with Gasteiger partial charge in [0.2, 0.25) is 9.84 Å². The standard InChI is InChI=1S/C16H8Cl2F3N3O5S/c17-10-5-8(16(19,20)21)6-11(18)15(10)29-9-1-2-12(24(25)26)13(7-9)30(27,28)14-3-4-22-23-14/h1-7H,(H,22,23). The molecule has 0 aliphatic carbocycles. The van der Waals surface area contributed by atoms with Gasteiger partial charge in [-0.15, -0.1) is 0 Å². The Bertz CT molecular complexity index is 1210. The van der Waals surface area contributed by atoms with Gasteiger partial charge in [-0.2, -0.15) is 18.3 Å². The van der Waals surface area contributed by atoms with Gasteiger partial charge in [-0.1, -0.05) is 23.2 Å². The Morgan fingerprint density at radius 1 is 1.10 bits per heavy atom. The number of alkyl halides is 3. The zero-order valence-electron chi connectivity index (χ0n) is 14.3. The Hall–Kier alpha value is -2.83. The van der Waals surface area contributed by atoms with E-state index in [0.717, 1.165) is 30.5 Å². The van der Waals surface area contributed by atoms with Crippen LogP contribution in [0.5, 0.6) is 11.5 Å². The van der Waals surface area contributed by atoms with E-state index in [1.165, 1.54) is 0 Å². The number of sulfone groups is 1. The quantitative estimate of drug-likeness (QED) is 0.392. The van der Waals surface area contributed by atoms with Gasteiger partial charge in [0.15, 0.2) is 15.7 Å². The summed E-state index contributed by atoms with van der Waals surface area (Å²) in [6, 6.07) is 5.00. The molecule has 1 N–H and O–H groups in total. The van der Waals surface area contributed by atoms with Crippen molar-refractivity contribution in [2.75, 3.05) is 0 Å². The molecule has 0 spiro atoms. The molecular formula is C16H8Cl2F3N3O5S. The molecular weight excluding hydrogens is 474 g/mol. The maximum Gasteiger partial charge on any atom is 0.416 e. The van der Waals surface area contributed by atoms with Crippen LogP contribution in [0.15, 0.2) is 52.5 Å². The van der Waals surface area contributed by atoms with Crippen LogP contribution in [0.1, 0.15) is 5.56 Å². The van der Waals surface area contributed by atoms with Gasteiger partial charge in [0.25, 0.3) is 5.69 Å². The van der Waals surface area contributed by atoms with Crippen molar-refractivity contribution in [1.29, 1.82) is 0 Å². The van der Waals surface area contributed by atoms with Gasteiger partial charge in [-0.05, 0) is 24.3 Å². The second kappa shape index (κ2) is 7.78. The third-order valence-electron chi connectivity index (χ3n) is 3.73. The van der Waals surface area contributed by atoms with E-state index in [2.05, 4.69) is 10.2 Å². The normalized spacial score (nSPS) is 12.0. The second-order valence-corrected chi connectivity index (χ2v) is 8.38. The molecule has 1 aromatic heterocycles. The number of halogens is 5. The molecule has 0 unspecified atom stereocenters. The number of aromatic amines is 1. The van der Waals surface area contributed by atoms with Crippen molar-refractivity contribution < 1.29 is 31.2 Å². The summed E-state index contributed by atoms with van der Waals surface area (Å²) in [5, 5.41) is 15.6. The van der Waals surface area contributed by atoms with Gasteiger partial charge >= 0.3 is 6.18 Å². The van der Waals surface area contributed by atoms with Crippen molar-refractivity contribution in [1.82, 2.24) is 10.2 Å². The number of hydrogen-bond acceptors (Lipinski definition) is 6. The maximum absolute atomic E-state index is 12.8. The molecule has 0 aliphatic heterocycles. The molecule has 0 saturated carbocycles. The third-order valence-corrected chi connectivity index (χ3v) is 6.00. The average Bonchev–Trinajstić information content (AvgIpc) is 3.19. The fourth-order valence-corrected chi connectivity index (χ4v) is 4.28. The number of aromatic nitrogens is 2. The smallest absolute Gasteiger partial charge is 0.416 e. The van der Waals surface area contributed by atoms with Crippen LogP contribution in [0.3, 0.4) is 0 Å². The highest BCUT2D eigenvalue weighted by Crippen LogP contribution is 2.42. The van der Waals surface area contributed by atoms with E-state index in [-0.39, 0.29) is 11.5 Å². The number of ether oxygens (including phenoxy) is 1. The first kappa shape index (κ1) is 21.9. The summed E-state index contributed by atoms with van der Waals surface area (Å²) in [5.41, 5.74) is -1.86. The lowest BCUT2D eigenvalue weighted by atomic mass is 10.2. The first-order chi connectivity index (χ1) is 13.9. The molecule has 158 valence electrons. The summed E-state index contributed by atoms with van der Waals surface area (Å²) in [7, 11) is -4.39. The van der Waals surface area contributed by atoms with Crippen molar-refractivity contribution in [3.8, 4) is 11.5 Å². The van der Waals surface area contributed by atoms with Gasteiger partial charge in [-0.25, -0.2) is 8.42 Å². The summed E-state index contributed by atoms with van der Waals surface area (Å²) in [6.07, 6.45) is -3.56. The van der Waals surface area contributed by atoms with Gasteiger partial charge in [0.05, 0.1) is 26.7 Å². The van der Waals surface area contributed by atoms with Crippen molar-refractivity contribution in [3.63, 3.8) is 0 Å². The fourth-order valence-electron chi connectivity index (χ4n) is 2.37. The topological polar surface area (TPSA) is 115 Å². The highest BCUT2D eigenvalue weighted by atomic mass is 35.5. The van der Waals surface area contributed by atoms with E-state index in [1.807, 2.05) is 0 Å². The zero-order valence-corrected chi connectivity index (χ0v) is 16.6. The Morgan fingerprint density at radius 2 is 1.73 bits per heavy atom. The van der Waals surface area contributed by atoms with Crippen molar-refractivity contribution >= 4 is 38.7 Å². The Kier molecular flexibility index (Phi) is 5.67. The van der Waals surface area contributed by atoms with E-state index in [4.69, 9.17) is 27.9 Å². The van der Waals surface area contributed by atoms with Crippen LogP contribution >= 0.6 is 23.2 Å². The summed E-state index contributed by atoms with van der Waals surface area (Å²) in [4.78, 5) is 9.63. The Labute approximate surface area is 176 Å². The minimum Gasteiger partial charge on any atom is -0.454 e. The number of nitrogens with one attached hydrogen (secondary N) is 1. The van der Waals surface area contributed by atoms with Gasteiger partial charge in [0.1, 0.15) is 5.75 Å². The maximum atomic E-state index is 12.8. The zero-order chi connectivity index (χ0) is 22.3. The number of rotatable bonds is 5. The molecule has 0 bridgehead atoms. The number of benzene rings is 2. The molecule has 3 rings (SSSR count). The molecule has 0 amide bonds. The number of nitro benzene ring substituents is 1. The molecule has 0 aliphatic rings. The van der Waals surface area contributed by atoms with Crippen LogP contribution in [0.25, 0.3) is 0 Å². The van der Waals surface area contributed by atoms with Gasteiger partial charge in [0, 0.05) is 12.1 Å². The van der Waals surface area contributed by atoms with E-state index < -0.39 is 52.2 Å². The van der Waals surface area contributed by atoms with Crippen LogP contribution in [-0.4, -0.2) is 23.5 Å². The lowest BCUT2D eigenvalue weighted by Gasteiger charge is -2.14. The van der Waals surface area contributed by atoms with Crippen molar-refractivity contribution in [2.45, 2.75) is 16.1 Å². The SMILES string of the molecule is O=[N+]([O-])c1ccc(Oc2c(Cl)cc(C(F)(F)F)cc2Cl)cc1S(=O)(=O)c1ccn[nH]1. The number of nitrogens with zero attached hydrogens (tertiary/aromatic N) is 2. The van der Waals surface area contributed by atoms with E-state index in [9.17, 15) is 31.7 Å². The average molecular weight is 482 g/mol. The highest BCUT2D eigenvalue weighted by Gasteiger charge is 2.33. The molecule has 0 saturated heterocycles. The molecule has 0 atom stereocenters. The summed E-state index contributed by atoms with van der Waals surface area (Å²) < 4.78 is 69.3. The van der Waals surface area contributed by atoms with Gasteiger partial charge < -0.3 is 4.74 Å². The predicted octanol–water partition coefficient (Wildman–Crippen LogP) is 5.27. The summed E-state index contributed by atoms with van der Waals surface area (Å²) in [5.74, 6) is -0.646. The van der Waals surface area contributed by atoms with E-state index in [0.29, 0.717) is 12.1 Å². The van der Waals surface area contributed by atoms with E-state index in [1.54, 1.807) is 0 Å². The molecule has 30 heavy (non-hydrogen) atoms. The lowest BCUT2D eigenvalue weighted by Crippen LogP contribution is -2.07. The third kappa shape index (κ3) is 4.20. The number of nitro groups is 1. The van der Waals surface area contributed by atoms with Crippen LogP contribution < -0.4 is 4.74 Å². The Balaban J connectivity index is 2.09. The second-order valence-electron chi connectivity index (χ2n) is 5.68. The minimum atomic E-state index is -4.70. The first-order valence-corrected chi connectivity index (χ1v) is 9.92. The minimum absolute atomic E-state index is 0.262. The van der Waals surface area contributed by atoms with Crippen molar-refractivity contribution in [2.24, 2.45) is 0 Å². The molecule has 1 heterocycles. The predicted molar refractivity (Wildman–Crippen MR) is 98.7 cm³/mol. The number of H-pyrrole nitrogens is 1. The number of hydrogen-bond donors (Lipinski definition) is 1. The Morgan fingerprint density at radius 3 is 2.23 bits per heavy atom. The van der Waals surface area contributed by atoms with Crippen LogP contribution in [0, 0.1) is 10.1 Å². The van der Waals surface area contributed by atoms with Crippen LogP contribution in [0.2, 0.25) is 10.0 Å². The molecule has 8 nitrogen and oxygen atoms in total. The molecule has 0 radical (unpaired) electrons. The fraction of sp³-hybridized carbons (Fsp3) is 0.0625. The monoisotopic (exact) mass is 481 g/mol. The molecule has 14 heteroatoms. The molecule has 0 fully saturated rings. The van der Waals surface area contributed by atoms with Gasteiger partial charge in [-0.3, -0.25) is 15.2 Å². The molecule has 2 aromatic carbocycles. The largest absolute Gasteiger partial charge is 0.454 e. The van der Waals surface area contributed by atoms with Crippen molar-refractivity contribution in [3.05, 3.63) is 68.3 Å². The molecule has 3 aromatic rings. The highest BCUT2D eigenvalue weighted by molar-refractivity contribution is 7.91.